The third-order valence-electron chi connectivity index (χ3n) is 6.38. The van der Waals surface area contributed by atoms with Crippen LogP contribution in [0.15, 0.2) is 91.0 Å². The number of amides is 1. The second-order valence-corrected chi connectivity index (χ2v) is 9.02. The van der Waals surface area contributed by atoms with E-state index < -0.39 is 11.9 Å². The number of carboxylic acids is 1. The number of phenols is 1. The summed E-state index contributed by atoms with van der Waals surface area (Å²) in [7, 11) is 0. The van der Waals surface area contributed by atoms with E-state index in [0.29, 0.717) is 35.6 Å². The smallest absolute Gasteiger partial charge is 0.549 e. The molecule has 0 bridgehead atoms. The van der Waals surface area contributed by atoms with E-state index in [9.17, 15) is 19.8 Å². The molecule has 1 atom stereocenters. The van der Waals surface area contributed by atoms with Crippen molar-refractivity contribution in [2.24, 2.45) is 0 Å². The van der Waals surface area contributed by atoms with Gasteiger partial charge in [0.05, 0.1) is 6.61 Å². The second kappa shape index (κ2) is 13.4. The van der Waals surface area contributed by atoms with Crippen LogP contribution in [0.4, 0.5) is 0 Å². The number of carbonyl (C=O) groups is 2. The van der Waals surface area contributed by atoms with Gasteiger partial charge in [-0.25, -0.2) is 0 Å². The number of hydrogen-bond donors (Lipinski definition) is 2. The Labute approximate surface area is 253 Å². The van der Waals surface area contributed by atoms with Crippen LogP contribution in [0.5, 0.6) is 34.5 Å². The number of fused-ring (bicyclic) bond motifs is 1. The van der Waals surface area contributed by atoms with Gasteiger partial charge in [0.25, 0.3) is 5.91 Å². The molecule has 1 heterocycles. The number of aromatic hydroxyl groups is 1. The summed E-state index contributed by atoms with van der Waals surface area (Å²) >= 11 is 0. The van der Waals surface area contributed by atoms with Crippen LogP contribution in [-0.4, -0.2) is 30.1 Å². The molecular weight excluding hydrogens is 521 g/mol. The van der Waals surface area contributed by atoms with Crippen LogP contribution in [0.3, 0.4) is 0 Å². The van der Waals surface area contributed by atoms with Crippen molar-refractivity contribution in [2.75, 3.05) is 13.2 Å². The molecule has 1 amide bonds. The molecule has 1 unspecified atom stereocenters. The van der Waals surface area contributed by atoms with Gasteiger partial charge in [0, 0.05) is 35.6 Å². The fraction of sp³-hybridized carbons (Fsp3) is 0.161. The molecule has 0 saturated carbocycles. The van der Waals surface area contributed by atoms with Gasteiger partial charge < -0.3 is 34.5 Å². The van der Waals surface area contributed by atoms with E-state index in [4.69, 9.17) is 14.2 Å². The summed E-state index contributed by atoms with van der Waals surface area (Å²) in [5, 5.41) is 24.7. The molecule has 40 heavy (non-hydrogen) atoms. The molecule has 4 aromatic carbocycles. The summed E-state index contributed by atoms with van der Waals surface area (Å²) in [6, 6.07) is 26.5. The number of aliphatic carboxylic acids is 1. The van der Waals surface area contributed by atoms with Gasteiger partial charge in [-0.15, -0.1) is 0 Å². The third-order valence-corrected chi connectivity index (χ3v) is 6.38. The van der Waals surface area contributed by atoms with E-state index in [1.165, 1.54) is 12.1 Å². The molecule has 2 N–H and O–H groups in total. The quantitative estimate of drug-likeness (QED) is 0.306. The molecule has 1 aliphatic heterocycles. The summed E-state index contributed by atoms with van der Waals surface area (Å²) in [6.07, 6.45) is 0.862. The summed E-state index contributed by atoms with van der Waals surface area (Å²) in [6.45, 7) is 0.646. The first-order chi connectivity index (χ1) is 19.0. The van der Waals surface area contributed by atoms with Gasteiger partial charge in [-0.3, -0.25) is 4.79 Å². The first kappa shape index (κ1) is 29.0. The van der Waals surface area contributed by atoms with Crippen LogP contribution in [0.2, 0.25) is 0 Å². The normalized spacial score (nSPS) is 13.7. The Morgan fingerprint density at radius 1 is 0.900 bits per heavy atom. The zero-order valence-corrected chi connectivity index (χ0v) is 24.0. The van der Waals surface area contributed by atoms with Crippen molar-refractivity contribution in [3.05, 3.63) is 108 Å². The SMILES string of the molecule is O=C(NCCc1ccccc1Oc1ccccc1)c1ccc(Oc2cc3c(cc2O)C(C(=O)[O-])CCO3)cc1.[Na+]. The minimum atomic E-state index is -1.22. The zero-order valence-electron chi connectivity index (χ0n) is 22.0. The van der Waals surface area contributed by atoms with Gasteiger partial charge in [-0.1, -0.05) is 36.4 Å². The van der Waals surface area contributed by atoms with Gasteiger partial charge >= 0.3 is 29.6 Å². The number of phenolic OH excluding ortho intramolecular Hbond substituents is 1. The van der Waals surface area contributed by atoms with Crippen molar-refractivity contribution in [1.29, 1.82) is 0 Å². The summed E-state index contributed by atoms with van der Waals surface area (Å²) < 4.78 is 17.3. The topological polar surface area (TPSA) is 117 Å². The van der Waals surface area contributed by atoms with E-state index in [1.807, 2.05) is 54.6 Å². The molecule has 4 aromatic rings. The van der Waals surface area contributed by atoms with E-state index in [2.05, 4.69) is 5.32 Å². The average molecular weight is 548 g/mol. The van der Waals surface area contributed by atoms with Crippen LogP contribution in [0.25, 0.3) is 0 Å². The third kappa shape index (κ3) is 6.96. The molecule has 0 aliphatic carbocycles. The van der Waals surface area contributed by atoms with E-state index in [1.54, 1.807) is 24.3 Å². The molecule has 198 valence electrons. The molecule has 0 fully saturated rings. The van der Waals surface area contributed by atoms with Crippen LogP contribution in [-0.2, 0) is 11.2 Å². The Bertz CT molecular complexity index is 1480. The van der Waals surface area contributed by atoms with Crippen LogP contribution in [0, 0.1) is 0 Å². The molecule has 0 spiro atoms. The van der Waals surface area contributed by atoms with Crippen LogP contribution in [0.1, 0.15) is 33.8 Å². The molecule has 9 heteroatoms. The second-order valence-electron chi connectivity index (χ2n) is 9.02. The van der Waals surface area contributed by atoms with Crippen molar-refractivity contribution < 1.29 is 63.6 Å². The Balaban J connectivity index is 0.00000370. The molecule has 8 nitrogen and oxygen atoms in total. The molecule has 0 radical (unpaired) electrons. The Kier molecular flexibility index (Phi) is 9.71. The summed E-state index contributed by atoms with van der Waals surface area (Å²) in [4.78, 5) is 24.1. The van der Waals surface area contributed by atoms with E-state index in [-0.39, 0.29) is 60.0 Å². The number of ether oxygens (including phenoxy) is 3. The Morgan fingerprint density at radius 3 is 2.33 bits per heavy atom. The molecular formula is C31H26NNaO7. The first-order valence-corrected chi connectivity index (χ1v) is 12.6. The predicted molar refractivity (Wildman–Crippen MR) is 141 cm³/mol. The monoisotopic (exact) mass is 547 g/mol. The van der Waals surface area contributed by atoms with Crippen molar-refractivity contribution >= 4 is 11.9 Å². The molecule has 5 rings (SSSR count). The van der Waals surface area contributed by atoms with Crippen molar-refractivity contribution in [2.45, 2.75) is 18.8 Å². The maximum atomic E-state index is 12.7. The number of hydrogen-bond acceptors (Lipinski definition) is 7. The number of para-hydroxylation sites is 2. The number of carboxylic acid groups (broad SMARTS) is 1. The molecule has 0 aromatic heterocycles. The number of benzene rings is 4. The summed E-state index contributed by atoms with van der Waals surface area (Å²) in [5.74, 6) is -0.204. The van der Waals surface area contributed by atoms with Gasteiger partial charge in [0.15, 0.2) is 11.5 Å². The maximum Gasteiger partial charge on any atom is 1.00 e. The van der Waals surface area contributed by atoms with Gasteiger partial charge in [0.1, 0.15) is 23.0 Å². The summed E-state index contributed by atoms with van der Waals surface area (Å²) in [5.41, 5.74) is 1.78. The number of carbonyl (C=O) groups excluding carboxylic acids is 2. The van der Waals surface area contributed by atoms with Gasteiger partial charge in [-0.2, -0.15) is 0 Å². The standard InChI is InChI=1S/C31H27NO7.Na/c33-26-18-25-24(31(35)36)15-17-37-28(25)19-29(26)39-23-12-10-21(11-13-23)30(34)32-16-14-20-6-4-5-9-27(20)38-22-7-2-1-3-8-22;/h1-13,18-19,24,33H,14-17H2,(H,32,34)(H,35,36);/q;+1/p-1. The van der Waals surface area contributed by atoms with E-state index in [0.717, 1.165) is 17.1 Å². The Morgan fingerprint density at radius 2 is 1.57 bits per heavy atom. The van der Waals surface area contributed by atoms with Crippen LogP contribution < -0.4 is 54.2 Å². The average Bonchev–Trinajstić information content (AvgIpc) is 2.95. The van der Waals surface area contributed by atoms with Crippen molar-refractivity contribution in [3.63, 3.8) is 0 Å². The molecule has 0 saturated heterocycles. The molecule has 1 aliphatic rings. The fourth-order valence-corrected chi connectivity index (χ4v) is 4.37. The first-order valence-electron chi connectivity index (χ1n) is 12.6. The number of nitrogens with one attached hydrogen (secondary N) is 1. The fourth-order valence-electron chi connectivity index (χ4n) is 4.37. The van der Waals surface area contributed by atoms with Crippen LogP contribution >= 0.6 is 0 Å². The number of rotatable bonds is 9. The maximum absolute atomic E-state index is 12.7. The van der Waals surface area contributed by atoms with Gasteiger partial charge in [-0.05, 0) is 66.9 Å². The van der Waals surface area contributed by atoms with E-state index >= 15 is 0 Å². The zero-order chi connectivity index (χ0) is 27.2. The minimum absolute atomic E-state index is 0. The van der Waals surface area contributed by atoms with Gasteiger partial charge in [0.2, 0.25) is 0 Å². The van der Waals surface area contributed by atoms with Crippen molar-refractivity contribution in [1.82, 2.24) is 5.32 Å². The predicted octanol–water partition coefficient (Wildman–Crippen LogP) is 1.57. The largest absolute Gasteiger partial charge is 1.00 e. The Hall–Kier alpha value is -3.98. The van der Waals surface area contributed by atoms with Crippen molar-refractivity contribution in [3.8, 4) is 34.5 Å². The minimum Gasteiger partial charge on any atom is -0.549 e.